The van der Waals surface area contributed by atoms with E-state index in [1.54, 1.807) is 14.0 Å². The van der Waals surface area contributed by atoms with Crippen LogP contribution in [0.1, 0.15) is 72.7 Å². The van der Waals surface area contributed by atoms with Crippen molar-refractivity contribution in [3.8, 4) is 0 Å². The molecule has 0 radical (unpaired) electrons. The molecule has 24 heavy (non-hydrogen) atoms. The predicted octanol–water partition coefficient (Wildman–Crippen LogP) is 2.74. The summed E-state index contributed by atoms with van der Waals surface area (Å²) in [6, 6.07) is 1.86. The standard InChI is InChI=1S/C18H23NO5/c1-18(17(21)22)8-12(23-2)9-19(18)16(20)13-7-14(10-3-4-10)24-15(13)11-5-6-11/h7,10-12H,3-6,8-9H2,1-2H3,(H,21,22). The van der Waals surface area contributed by atoms with E-state index < -0.39 is 11.5 Å². The molecule has 6 heteroatoms. The highest BCUT2D eigenvalue weighted by Gasteiger charge is 2.51. The van der Waals surface area contributed by atoms with E-state index in [0.29, 0.717) is 30.4 Å². The second kappa shape index (κ2) is 5.34. The first-order chi connectivity index (χ1) is 11.4. The van der Waals surface area contributed by atoms with Gasteiger partial charge < -0.3 is 19.2 Å². The van der Waals surface area contributed by atoms with E-state index in [2.05, 4.69) is 0 Å². The number of rotatable bonds is 5. The number of aliphatic carboxylic acids is 1. The number of carboxylic acids is 1. The molecule has 4 rings (SSSR count). The van der Waals surface area contributed by atoms with Gasteiger partial charge in [-0.05, 0) is 38.7 Å². The van der Waals surface area contributed by atoms with Crippen LogP contribution in [0.3, 0.4) is 0 Å². The lowest BCUT2D eigenvalue weighted by Gasteiger charge is -2.30. The third-order valence-electron chi connectivity index (χ3n) is 5.58. The largest absolute Gasteiger partial charge is 0.480 e. The normalized spacial score (nSPS) is 29.9. The van der Waals surface area contributed by atoms with Crippen LogP contribution in [0, 0.1) is 0 Å². The topological polar surface area (TPSA) is 80.0 Å². The first kappa shape index (κ1) is 15.7. The van der Waals surface area contributed by atoms with E-state index in [-0.39, 0.29) is 12.0 Å². The van der Waals surface area contributed by atoms with Crippen LogP contribution in [0.5, 0.6) is 0 Å². The van der Waals surface area contributed by atoms with Gasteiger partial charge in [0.1, 0.15) is 17.1 Å². The first-order valence-electron chi connectivity index (χ1n) is 8.66. The van der Waals surface area contributed by atoms with E-state index in [0.717, 1.165) is 37.2 Å². The Hall–Kier alpha value is -1.82. The maximum Gasteiger partial charge on any atom is 0.329 e. The monoisotopic (exact) mass is 333 g/mol. The molecule has 130 valence electrons. The Morgan fingerprint density at radius 2 is 1.96 bits per heavy atom. The Morgan fingerprint density at radius 1 is 1.29 bits per heavy atom. The Kier molecular flexibility index (Phi) is 3.49. The number of carbonyl (C=O) groups excluding carboxylic acids is 1. The summed E-state index contributed by atoms with van der Waals surface area (Å²) in [4.78, 5) is 26.5. The van der Waals surface area contributed by atoms with Gasteiger partial charge in [-0.25, -0.2) is 4.79 Å². The van der Waals surface area contributed by atoms with Crippen molar-refractivity contribution >= 4 is 11.9 Å². The van der Waals surface area contributed by atoms with Crippen LogP contribution in [-0.4, -0.2) is 47.2 Å². The summed E-state index contributed by atoms with van der Waals surface area (Å²) in [6.45, 7) is 1.90. The van der Waals surface area contributed by atoms with Crippen LogP contribution in [-0.2, 0) is 9.53 Å². The number of ether oxygens (including phenoxy) is 1. The Bertz CT molecular complexity index is 688. The van der Waals surface area contributed by atoms with Crippen LogP contribution in [0.15, 0.2) is 10.5 Å². The third kappa shape index (κ3) is 2.44. The number of nitrogens with zero attached hydrogens (tertiary/aromatic N) is 1. The van der Waals surface area contributed by atoms with Crippen molar-refractivity contribution in [2.45, 2.75) is 62.5 Å². The van der Waals surface area contributed by atoms with Gasteiger partial charge >= 0.3 is 5.97 Å². The molecule has 0 aromatic carbocycles. The Balaban J connectivity index is 1.68. The molecule has 2 heterocycles. The van der Waals surface area contributed by atoms with Gasteiger partial charge in [-0.2, -0.15) is 0 Å². The lowest BCUT2D eigenvalue weighted by Crippen LogP contribution is -2.50. The highest BCUT2D eigenvalue weighted by Crippen LogP contribution is 2.48. The number of likely N-dealkylation sites (tertiary alicyclic amines) is 1. The van der Waals surface area contributed by atoms with E-state index in [9.17, 15) is 14.7 Å². The SMILES string of the molecule is COC1CN(C(=O)c2cc(C3CC3)oc2C2CC2)C(C)(C(=O)O)C1. The van der Waals surface area contributed by atoms with E-state index >= 15 is 0 Å². The van der Waals surface area contributed by atoms with Gasteiger partial charge in [0.25, 0.3) is 5.91 Å². The third-order valence-corrected chi connectivity index (χ3v) is 5.58. The molecule has 0 spiro atoms. The van der Waals surface area contributed by atoms with Crippen molar-refractivity contribution in [1.29, 1.82) is 0 Å². The molecule has 2 aliphatic carbocycles. The minimum absolute atomic E-state index is 0.239. The molecule has 1 amide bonds. The van der Waals surface area contributed by atoms with Crippen LogP contribution in [0.4, 0.5) is 0 Å². The number of amides is 1. The molecule has 2 unspecified atom stereocenters. The lowest BCUT2D eigenvalue weighted by atomic mass is 9.97. The number of hydrogen-bond acceptors (Lipinski definition) is 4. The maximum absolute atomic E-state index is 13.2. The van der Waals surface area contributed by atoms with Gasteiger partial charge in [0.05, 0.1) is 11.7 Å². The molecule has 3 aliphatic rings. The van der Waals surface area contributed by atoms with Crippen molar-refractivity contribution in [2.24, 2.45) is 0 Å². The summed E-state index contributed by atoms with van der Waals surface area (Å²) < 4.78 is 11.3. The number of carboxylic acid groups (broad SMARTS) is 1. The summed E-state index contributed by atoms with van der Waals surface area (Å²) >= 11 is 0. The number of furan rings is 1. The van der Waals surface area contributed by atoms with Gasteiger partial charge in [-0.1, -0.05) is 0 Å². The molecular formula is C18H23NO5. The number of hydrogen-bond donors (Lipinski definition) is 1. The highest BCUT2D eigenvalue weighted by molar-refractivity contribution is 5.99. The smallest absolute Gasteiger partial charge is 0.329 e. The Labute approximate surface area is 140 Å². The first-order valence-corrected chi connectivity index (χ1v) is 8.66. The van der Waals surface area contributed by atoms with E-state index in [4.69, 9.17) is 9.15 Å². The number of methoxy groups -OCH3 is 1. The second-order valence-electron chi connectivity index (χ2n) is 7.53. The van der Waals surface area contributed by atoms with Crippen LogP contribution in [0.2, 0.25) is 0 Å². The van der Waals surface area contributed by atoms with Crippen LogP contribution < -0.4 is 0 Å². The highest BCUT2D eigenvalue weighted by atomic mass is 16.5. The summed E-state index contributed by atoms with van der Waals surface area (Å²) in [5, 5.41) is 9.67. The second-order valence-corrected chi connectivity index (χ2v) is 7.53. The number of carbonyl (C=O) groups is 2. The average Bonchev–Trinajstić information content (AvgIpc) is 3.49. The molecule has 3 fully saturated rings. The van der Waals surface area contributed by atoms with Gasteiger partial charge in [0.15, 0.2) is 0 Å². The molecule has 0 bridgehead atoms. The van der Waals surface area contributed by atoms with E-state index in [1.807, 2.05) is 6.07 Å². The summed E-state index contributed by atoms with van der Waals surface area (Å²) in [6.07, 6.45) is 4.33. The van der Waals surface area contributed by atoms with Crippen molar-refractivity contribution < 1.29 is 23.8 Å². The minimum atomic E-state index is -1.24. The summed E-state index contributed by atoms with van der Waals surface area (Å²) in [5.74, 6) is 1.16. The van der Waals surface area contributed by atoms with Crippen LogP contribution >= 0.6 is 0 Å². The van der Waals surface area contributed by atoms with Gasteiger partial charge in [-0.3, -0.25) is 4.79 Å². The summed E-state index contributed by atoms with van der Waals surface area (Å²) in [7, 11) is 1.56. The predicted molar refractivity (Wildman–Crippen MR) is 85.1 cm³/mol. The zero-order chi connectivity index (χ0) is 17.1. The van der Waals surface area contributed by atoms with E-state index in [1.165, 1.54) is 4.90 Å². The van der Waals surface area contributed by atoms with Crippen molar-refractivity contribution in [2.75, 3.05) is 13.7 Å². The fraction of sp³-hybridized carbons (Fsp3) is 0.667. The molecule has 1 aromatic heterocycles. The molecule has 1 N–H and O–H groups in total. The quantitative estimate of drug-likeness (QED) is 0.896. The summed E-state index contributed by atoms with van der Waals surface area (Å²) in [5.41, 5.74) is -0.682. The Morgan fingerprint density at radius 3 is 2.50 bits per heavy atom. The zero-order valence-electron chi connectivity index (χ0n) is 14.1. The molecule has 1 saturated heterocycles. The van der Waals surface area contributed by atoms with Crippen molar-refractivity contribution in [3.63, 3.8) is 0 Å². The molecular weight excluding hydrogens is 310 g/mol. The maximum atomic E-state index is 13.2. The fourth-order valence-corrected chi connectivity index (χ4v) is 3.65. The van der Waals surface area contributed by atoms with Crippen LogP contribution in [0.25, 0.3) is 0 Å². The van der Waals surface area contributed by atoms with Gasteiger partial charge in [0, 0.05) is 31.9 Å². The fourth-order valence-electron chi connectivity index (χ4n) is 3.65. The lowest BCUT2D eigenvalue weighted by molar-refractivity contribution is -0.147. The van der Waals surface area contributed by atoms with Gasteiger partial charge in [0.2, 0.25) is 0 Å². The average molecular weight is 333 g/mol. The molecule has 2 atom stereocenters. The minimum Gasteiger partial charge on any atom is -0.480 e. The van der Waals surface area contributed by atoms with Crippen molar-refractivity contribution in [1.82, 2.24) is 4.90 Å². The van der Waals surface area contributed by atoms with Gasteiger partial charge in [-0.15, -0.1) is 0 Å². The van der Waals surface area contributed by atoms with Crippen molar-refractivity contribution in [3.05, 3.63) is 23.2 Å². The molecule has 2 saturated carbocycles. The molecule has 6 nitrogen and oxygen atoms in total. The zero-order valence-corrected chi connectivity index (χ0v) is 14.1. The molecule has 1 aliphatic heterocycles. The molecule has 1 aromatic rings.